The van der Waals surface area contributed by atoms with Gasteiger partial charge in [-0.15, -0.1) is 0 Å². The Balaban J connectivity index is 1.99. The number of aromatic nitrogens is 2. The second-order valence-corrected chi connectivity index (χ2v) is 3.60. The molecule has 4 N–H and O–H groups in total. The van der Waals surface area contributed by atoms with Gasteiger partial charge in [0, 0.05) is 0 Å². The second-order valence-electron chi connectivity index (χ2n) is 3.60. The molecule has 1 amide bonds. The van der Waals surface area contributed by atoms with Crippen molar-refractivity contribution in [1.29, 1.82) is 0 Å². The number of nitrogen functional groups attached to an aromatic ring is 1. The van der Waals surface area contributed by atoms with E-state index in [9.17, 15) is 4.79 Å². The van der Waals surface area contributed by atoms with E-state index in [2.05, 4.69) is 20.7 Å². The van der Waals surface area contributed by atoms with Crippen LogP contribution in [0.25, 0.3) is 0 Å². The lowest BCUT2D eigenvalue weighted by atomic mass is 10.3. The fourth-order valence-electron chi connectivity index (χ4n) is 1.37. The predicted octanol–water partition coefficient (Wildman–Crippen LogP) is 0.594. The Bertz CT molecular complexity index is 552. The van der Waals surface area contributed by atoms with Crippen LogP contribution in [0.15, 0.2) is 28.8 Å². The monoisotopic (exact) mass is 247 g/mol. The Hall–Kier alpha value is -2.41. The van der Waals surface area contributed by atoms with Crippen molar-refractivity contribution in [1.82, 2.24) is 15.3 Å². The molecule has 2 heterocycles. The average Bonchev–Trinajstić information content (AvgIpc) is 2.82. The third kappa shape index (κ3) is 2.83. The van der Waals surface area contributed by atoms with Crippen LogP contribution in [0.4, 0.5) is 5.82 Å². The summed E-state index contributed by atoms with van der Waals surface area (Å²) in [6, 6.07) is 4.94. The number of oxazole rings is 1. The van der Waals surface area contributed by atoms with Crippen LogP contribution in [-0.2, 0) is 6.54 Å². The molecule has 0 aliphatic carbocycles. The molecular formula is C11H13N5O2. The fourth-order valence-corrected chi connectivity index (χ4v) is 1.37. The fraction of sp³-hybridized carbons (Fsp3) is 0.182. The summed E-state index contributed by atoms with van der Waals surface area (Å²) in [5.74, 6) is 6.48. The quantitative estimate of drug-likeness (QED) is 0.539. The first-order valence-corrected chi connectivity index (χ1v) is 5.32. The van der Waals surface area contributed by atoms with Gasteiger partial charge in [0.15, 0.2) is 0 Å². The van der Waals surface area contributed by atoms with Gasteiger partial charge in [-0.2, -0.15) is 0 Å². The number of rotatable bonds is 4. The van der Waals surface area contributed by atoms with E-state index in [1.165, 1.54) is 0 Å². The molecule has 0 aliphatic heterocycles. The summed E-state index contributed by atoms with van der Waals surface area (Å²) in [6.07, 6.45) is 1.60. The Labute approximate surface area is 103 Å². The van der Waals surface area contributed by atoms with Gasteiger partial charge in [-0.05, 0) is 19.1 Å². The molecule has 0 aromatic carbocycles. The minimum absolute atomic E-state index is 0.217. The van der Waals surface area contributed by atoms with E-state index in [1.807, 2.05) is 0 Å². The van der Waals surface area contributed by atoms with Crippen LogP contribution in [0.1, 0.15) is 22.1 Å². The van der Waals surface area contributed by atoms with Crippen LogP contribution < -0.4 is 16.6 Å². The van der Waals surface area contributed by atoms with E-state index in [0.717, 1.165) is 0 Å². The Morgan fingerprint density at radius 1 is 1.50 bits per heavy atom. The number of carbonyl (C=O) groups excluding carboxylic acids is 1. The standard InChI is InChI=1S/C11H13N5O2/c1-7-5-13-10(18-7)6-14-11(17)8-3-2-4-9(15-8)16-12/h2-5H,6,12H2,1H3,(H,14,17)(H,15,16). The first kappa shape index (κ1) is 12.1. The summed E-state index contributed by atoms with van der Waals surface area (Å²) in [5, 5.41) is 2.65. The average molecular weight is 247 g/mol. The topological polar surface area (TPSA) is 106 Å². The molecule has 0 bridgehead atoms. The van der Waals surface area contributed by atoms with Crippen molar-refractivity contribution in [3.63, 3.8) is 0 Å². The summed E-state index contributed by atoms with van der Waals surface area (Å²) < 4.78 is 5.24. The molecule has 2 aromatic heterocycles. The maximum atomic E-state index is 11.8. The highest BCUT2D eigenvalue weighted by atomic mass is 16.4. The van der Waals surface area contributed by atoms with E-state index >= 15 is 0 Å². The number of nitrogens with zero attached hydrogens (tertiary/aromatic N) is 2. The van der Waals surface area contributed by atoms with E-state index in [4.69, 9.17) is 10.3 Å². The van der Waals surface area contributed by atoms with Crippen LogP contribution in [0.3, 0.4) is 0 Å². The normalized spacial score (nSPS) is 10.1. The van der Waals surface area contributed by atoms with Crippen molar-refractivity contribution in [3.05, 3.63) is 41.7 Å². The number of nitrogens with two attached hydrogens (primary N) is 1. The molecule has 0 spiro atoms. The second kappa shape index (κ2) is 5.28. The van der Waals surface area contributed by atoms with Crippen molar-refractivity contribution in [3.8, 4) is 0 Å². The number of hydrogen-bond donors (Lipinski definition) is 3. The molecule has 18 heavy (non-hydrogen) atoms. The Kier molecular flexibility index (Phi) is 3.54. The van der Waals surface area contributed by atoms with Gasteiger partial charge in [0.2, 0.25) is 5.89 Å². The third-order valence-electron chi connectivity index (χ3n) is 2.20. The number of carbonyl (C=O) groups is 1. The van der Waals surface area contributed by atoms with Crippen molar-refractivity contribution in [2.45, 2.75) is 13.5 Å². The lowest BCUT2D eigenvalue weighted by Gasteiger charge is -2.04. The van der Waals surface area contributed by atoms with Gasteiger partial charge < -0.3 is 15.2 Å². The van der Waals surface area contributed by atoms with Crippen LogP contribution in [0, 0.1) is 6.92 Å². The first-order valence-electron chi connectivity index (χ1n) is 5.32. The number of pyridine rings is 1. The highest BCUT2D eigenvalue weighted by molar-refractivity contribution is 5.92. The van der Waals surface area contributed by atoms with Crippen molar-refractivity contribution in [2.75, 3.05) is 5.43 Å². The number of amides is 1. The van der Waals surface area contributed by atoms with Crippen molar-refractivity contribution in [2.24, 2.45) is 5.84 Å². The van der Waals surface area contributed by atoms with Gasteiger partial charge in [-0.25, -0.2) is 15.8 Å². The zero-order valence-corrected chi connectivity index (χ0v) is 9.80. The third-order valence-corrected chi connectivity index (χ3v) is 2.20. The number of hydrazine groups is 1. The van der Waals surface area contributed by atoms with Gasteiger partial charge in [0.1, 0.15) is 17.3 Å². The lowest BCUT2D eigenvalue weighted by molar-refractivity contribution is 0.0942. The van der Waals surface area contributed by atoms with Crippen LogP contribution in [0.5, 0.6) is 0 Å². The molecule has 2 rings (SSSR count). The first-order chi connectivity index (χ1) is 8.69. The molecule has 7 nitrogen and oxygen atoms in total. The summed E-state index contributed by atoms with van der Waals surface area (Å²) >= 11 is 0. The maximum absolute atomic E-state index is 11.8. The molecule has 94 valence electrons. The largest absolute Gasteiger partial charge is 0.444 e. The zero-order valence-electron chi connectivity index (χ0n) is 9.80. The zero-order chi connectivity index (χ0) is 13.0. The number of aryl methyl sites for hydroxylation is 1. The molecule has 0 unspecified atom stereocenters. The minimum Gasteiger partial charge on any atom is -0.444 e. The van der Waals surface area contributed by atoms with Crippen molar-refractivity contribution < 1.29 is 9.21 Å². The molecule has 0 fully saturated rings. The molecular weight excluding hydrogens is 234 g/mol. The van der Waals surface area contributed by atoms with E-state index in [0.29, 0.717) is 17.5 Å². The molecule has 0 saturated carbocycles. The molecule has 0 aliphatic rings. The van der Waals surface area contributed by atoms with Gasteiger partial charge in [-0.1, -0.05) is 6.07 Å². The summed E-state index contributed by atoms with van der Waals surface area (Å²) in [5.41, 5.74) is 2.65. The van der Waals surface area contributed by atoms with E-state index in [-0.39, 0.29) is 18.1 Å². The van der Waals surface area contributed by atoms with E-state index in [1.54, 1.807) is 31.3 Å². The Morgan fingerprint density at radius 3 is 3.00 bits per heavy atom. The number of nitrogens with one attached hydrogen (secondary N) is 2. The van der Waals surface area contributed by atoms with Gasteiger partial charge in [0.25, 0.3) is 5.91 Å². The Morgan fingerprint density at radius 2 is 2.33 bits per heavy atom. The highest BCUT2D eigenvalue weighted by Crippen LogP contribution is 2.04. The number of hydrogen-bond acceptors (Lipinski definition) is 6. The SMILES string of the molecule is Cc1cnc(CNC(=O)c2cccc(NN)n2)o1. The summed E-state index contributed by atoms with van der Waals surface area (Å²) in [6.45, 7) is 2.00. The van der Waals surface area contributed by atoms with Crippen LogP contribution in [0.2, 0.25) is 0 Å². The predicted molar refractivity (Wildman–Crippen MR) is 64.5 cm³/mol. The molecule has 2 aromatic rings. The minimum atomic E-state index is -0.317. The van der Waals surface area contributed by atoms with Crippen LogP contribution in [-0.4, -0.2) is 15.9 Å². The molecule has 7 heteroatoms. The van der Waals surface area contributed by atoms with Gasteiger partial charge >= 0.3 is 0 Å². The summed E-state index contributed by atoms with van der Waals surface area (Å²) in [4.78, 5) is 19.8. The van der Waals surface area contributed by atoms with Crippen molar-refractivity contribution >= 4 is 11.7 Å². The summed E-state index contributed by atoms with van der Waals surface area (Å²) in [7, 11) is 0. The smallest absolute Gasteiger partial charge is 0.270 e. The van der Waals surface area contributed by atoms with Crippen LogP contribution >= 0.6 is 0 Å². The van der Waals surface area contributed by atoms with Gasteiger partial charge in [0.05, 0.1) is 12.7 Å². The number of anilines is 1. The van der Waals surface area contributed by atoms with Gasteiger partial charge in [-0.3, -0.25) is 4.79 Å². The van der Waals surface area contributed by atoms with E-state index < -0.39 is 0 Å². The maximum Gasteiger partial charge on any atom is 0.270 e. The molecule has 0 saturated heterocycles. The highest BCUT2D eigenvalue weighted by Gasteiger charge is 2.09. The molecule has 0 radical (unpaired) electrons. The molecule has 0 atom stereocenters. The lowest BCUT2D eigenvalue weighted by Crippen LogP contribution is -2.24.